The first kappa shape index (κ1) is 7.01. The summed E-state index contributed by atoms with van der Waals surface area (Å²) in [6.07, 6.45) is 5.15. The van der Waals surface area contributed by atoms with E-state index >= 15 is 0 Å². The minimum Gasteiger partial charge on any atom is -0.296 e. The van der Waals surface area contributed by atoms with Crippen LogP contribution in [0.5, 0.6) is 0 Å². The van der Waals surface area contributed by atoms with Gasteiger partial charge in [-0.3, -0.25) is 4.79 Å². The maximum absolute atomic E-state index is 13.7. The van der Waals surface area contributed by atoms with Crippen molar-refractivity contribution in [1.82, 2.24) is 0 Å². The van der Waals surface area contributed by atoms with E-state index in [1.807, 2.05) is 12.2 Å². The third-order valence-electron chi connectivity index (χ3n) is 2.90. The Hall–Kier alpha value is -0.660. The van der Waals surface area contributed by atoms with Crippen molar-refractivity contribution >= 4 is 5.78 Å². The Morgan fingerprint density at radius 3 is 2.64 bits per heavy atom. The van der Waals surface area contributed by atoms with Gasteiger partial charge in [-0.1, -0.05) is 12.2 Å². The second-order valence-electron chi connectivity index (χ2n) is 3.61. The van der Waals surface area contributed by atoms with E-state index in [2.05, 4.69) is 0 Å². The number of ketones is 1. The van der Waals surface area contributed by atoms with Crippen molar-refractivity contribution < 1.29 is 9.18 Å². The molecule has 1 fully saturated rings. The summed E-state index contributed by atoms with van der Waals surface area (Å²) >= 11 is 0. The summed E-state index contributed by atoms with van der Waals surface area (Å²) in [5.41, 5.74) is -1.51. The number of carbonyl (C=O) groups excluding carboxylic acids is 1. The second kappa shape index (κ2) is 1.93. The van der Waals surface area contributed by atoms with Crippen molar-refractivity contribution in [2.24, 2.45) is 11.8 Å². The van der Waals surface area contributed by atoms with Crippen molar-refractivity contribution in [3.63, 3.8) is 0 Å². The first-order chi connectivity index (χ1) is 5.13. The van der Waals surface area contributed by atoms with E-state index in [0.29, 0.717) is 12.3 Å². The third kappa shape index (κ3) is 0.784. The van der Waals surface area contributed by atoms with Gasteiger partial charge < -0.3 is 0 Å². The van der Waals surface area contributed by atoms with Crippen LogP contribution in [0.3, 0.4) is 0 Å². The van der Waals surface area contributed by atoms with Crippen LogP contribution < -0.4 is 0 Å². The molecule has 2 aliphatic carbocycles. The van der Waals surface area contributed by atoms with Crippen molar-refractivity contribution in [3.05, 3.63) is 12.2 Å². The molecule has 2 heteroatoms. The van der Waals surface area contributed by atoms with E-state index in [4.69, 9.17) is 0 Å². The molecule has 2 rings (SSSR count). The molecule has 0 aromatic carbocycles. The highest BCUT2D eigenvalue weighted by atomic mass is 19.1. The molecule has 0 unspecified atom stereocenters. The molecule has 3 atom stereocenters. The Morgan fingerprint density at radius 1 is 1.64 bits per heavy atom. The van der Waals surface area contributed by atoms with Crippen molar-refractivity contribution in [2.45, 2.75) is 25.4 Å². The Labute approximate surface area is 65.3 Å². The van der Waals surface area contributed by atoms with Crippen LogP contribution in [-0.2, 0) is 4.79 Å². The zero-order valence-electron chi connectivity index (χ0n) is 6.51. The van der Waals surface area contributed by atoms with E-state index in [9.17, 15) is 9.18 Å². The van der Waals surface area contributed by atoms with Crippen molar-refractivity contribution in [1.29, 1.82) is 0 Å². The van der Waals surface area contributed by atoms with Gasteiger partial charge in [0, 0.05) is 5.92 Å². The Kier molecular flexibility index (Phi) is 1.23. The van der Waals surface area contributed by atoms with Crippen LogP contribution in [0.4, 0.5) is 4.39 Å². The van der Waals surface area contributed by atoms with E-state index in [0.717, 1.165) is 6.42 Å². The standard InChI is InChI=1S/C9H11FO/c1-6(11)9(10)5-7-2-3-8(9)4-7/h2-3,7-8H,4-5H2,1H3/t7-,8+,9-/m0/s1. The molecular weight excluding hydrogens is 143 g/mol. The van der Waals surface area contributed by atoms with Crippen LogP contribution in [0.1, 0.15) is 19.8 Å². The SMILES string of the molecule is CC(=O)[C@@]1(F)C[C@H]2C=C[C@@H]1C2. The highest BCUT2D eigenvalue weighted by Gasteiger charge is 2.52. The summed E-state index contributed by atoms with van der Waals surface area (Å²) in [5.74, 6) is -0.0896. The monoisotopic (exact) mass is 154 g/mol. The molecule has 0 heterocycles. The van der Waals surface area contributed by atoms with Crippen LogP contribution in [-0.4, -0.2) is 11.5 Å². The first-order valence-electron chi connectivity index (χ1n) is 4.01. The van der Waals surface area contributed by atoms with Gasteiger partial charge in [0.2, 0.25) is 0 Å². The van der Waals surface area contributed by atoms with Gasteiger partial charge in [0.05, 0.1) is 0 Å². The van der Waals surface area contributed by atoms with Crippen molar-refractivity contribution in [3.8, 4) is 0 Å². The lowest BCUT2D eigenvalue weighted by Gasteiger charge is -2.23. The van der Waals surface area contributed by atoms with E-state index < -0.39 is 5.67 Å². The number of Topliss-reactive ketones (excluding diaryl/α,β-unsaturated/α-hetero) is 1. The molecule has 1 nitrogen and oxygen atoms in total. The lowest BCUT2D eigenvalue weighted by atomic mass is 9.87. The van der Waals surface area contributed by atoms with Crippen LogP contribution in [0.2, 0.25) is 0 Å². The van der Waals surface area contributed by atoms with E-state index in [1.165, 1.54) is 6.92 Å². The summed E-state index contributed by atoms with van der Waals surface area (Å²) in [4.78, 5) is 10.9. The predicted octanol–water partition coefficient (Wildman–Crippen LogP) is 1.88. The summed E-state index contributed by atoms with van der Waals surface area (Å²) in [7, 11) is 0. The fourth-order valence-corrected chi connectivity index (χ4v) is 2.20. The van der Waals surface area contributed by atoms with Crippen LogP contribution in [0.25, 0.3) is 0 Å². The highest BCUT2D eigenvalue weighted by Crippen LogP contribution is 2.48. The maximum atomic E-state index is 13.7. The van der Waals surface area contributed by atoms with Gasteiger partial charge in [-0.25, -0.2) is 4.39 Å². The van der Waals surface area contributed by atoms with Gasteiger partial charge in [0.1, 0.15) is 0 Å². The van der Waals surface area contributed by atoms with Gasteiger partial charge in [0.15, 0.2) is 11.5 Å². The quantitative estimate of drug-likeness (QED) is 0.527. The topological polar surface area (TPSA) is 17.1 Å². The largest absolute Gasteiger partial charge is 0.296 e. The second-order valence-corrected chi connectivity index (χ2v) is 3.61. The molecule has 2 bridgehead atoms. The zero-order chi connectivity index (χ0) is 8.06. The maximum Gasteiger partial charge on any atom is 0.175 e. The molecular formula is C9H11FO. The molecule has 2 aliphatic rings. The lowest BCUT2D eigenvalue weighted by molar-refractivity contribution is -0.129. The number of fused-ring (bicyclic) bond motifs is 2. The van der Waals surface area contributed by atoms with E-state index in [1.54, 1.807) is 0 Å². The van der Waals surface area contributed by atoms with Gasteiger partial charge in [-0.2, -0.15) is 0 Å². The number of hydrogen-bond donors (Lipinski definition) is 0. The summed E-state index contributed by atoms with van der Waals surface area (Å²) < 4.78 is 13.7. The molecule has 0 saturated heterocycles. The number of rotatable bonds is 1. The Balaban J connectivity index is 2.30. The number of allylic oxidation sites excluding steroid dienone is 2. The predicted molar refractivity (Wildman–Crippen MR) is 39.9 cm³/mol. The van der Waals surface area contributed by atoms with E-state index in [-0.39, 0.29) is 11.7 Å². The smallest absolute Gasteiger partial charge is 0.175 e. The molecule has 60 valence electrons. The Morgan fingerprint density at radius 2 is 2.36 bits per heavy atom. The van der Waals surface area contributed by atoms with Gasteiger partial charge in [-0.15, -0.1) is 0 Å². The molecule has 0 aliphatic heterocycles. The molecule has 0 spiro atoms. The number of hydrogen-bond acceptors (Lipinski definition) is 1. The molecule has 0 radical (unpaired) electrons. The summed E-state index contributed by atoms with van der Waals surface area (Å²) in [5, 5.41) is 0. The fourth-order valence-electron chi connectivity index (χ4n) is 2.20. The van der Waals surface area contributed by atoms with Crippen molar-refractivity contribution in [2.75, 3.05) is 0 Å². The number of halogens is 1. The van der Waals surface area contributed by atoms with Gasteiger partial charge in [0.25, 0.3) is 0 Å². The minimum atomic E-state index is -1.51. The fraction of sp³-hybridized carbons (Fsp3) is 0.667. The molecule has 1 saturated carbocycles. The van der Waals surface area contributed by atoms with Crippen LogP contribution in [0.15, 0.2) is 12.2 Å². The van der Waals surface area contributed by atoms with Crippen LogP contribution in [0, 0.1) is 11.8 Å². The number of alkyl halides is 1. The molecule has 0 N–H and O–H groups in total. The zero-order valence-corrected chi connectivity index (χ0v) is 6.51. The molecule has 11 heavy (non-hydrogen) atoms. The lowest BCUT2D eigenvalue weighted by Crippen LogP contribution is -2.35. The first-order valence-corrected chi connectivity index (χ1v) is 4.01. The average Bonchev–Trinajstić information content (AvgIpc) is 2.45. The summed E-state index contributed by atoms with van der Waals surface area (Å²) in [6, 6.07) is 0. The summed E-state index contributed by atoms with van der Waals surface area (Å²) in [6.45, 7) is 1.36. The van der Waals surface area contributed by atoms with Crippen LogP contribution >= 0.6 is 0 Å². The molecule has 0 aromatic heterocycles. The van der Waals surface area contributed by atoms with Gasteiger partial charge in [-0.05, 0) is 25.7 Å². The third-order valence-corrected chi connectivity index (χ3v) is 2.90. The Bertz CT molecular complexity index is 234. The molecule has 0 aromatic rings. The minimum absolute atomic E-state index is 0.120. The normalized spacial score (nSPS) is 46.7. The average molecular weight is 154 g/mol. The molecule has 0 amide bonds. The number of carbonyl (C=O) groups is 1. The van der Waals surface area contributed by atoms with Gasteiger partial charge >= 0.3 is 0 Å². The highest BCUT2D eigenvalue weighted by molar-refractivity contribution is 5.86.